The van der Waals surface area contributed by atoms with E-state index in [1.54, 1.807) is 0 Å². The minimum Gasteiger partial charge on any atom is -0.480 e. The van der Waals surface area contributed by atoms with Gasteiger partial charge in [0, 0.05) is 13.0 Å². The van der Waals surface area contributed by atoms with Gasteiger partial charge in [-0.25, -0.2) is 13.1 Å². The van der Waals surface area contributed by atoms with Crippen molar-refractivity contribution in [1.29, 1.82) is 0 Å². The van der Waals surface area contributed by atoms with Crippen molar-refractivity contribution in [2.24, 2.45) is 0 Å². The molecule has 0 spiro atoms. The molecular formula is C18H17F21N2O4S. The second kappa shape index (κ2) is 12.7. The first kappa shape index (κ1) is 43.9. The third-order valence-electron chi connectivity index (χ3n) is 5.70. The first-order chi connectivity index (χ1) is 19.8. The molecule has 28 heteroatoms. The van der Waals surface area contributed by atoms with Crippen molar-refractivity contribution in [3.63, 3.8) is 0 Å². The Hall–Kier alpha value is -2.13. The summed E-state index contributed by atoms with van der Waals surface area (Å²) in [4.78, 5) is 11.5. The largest absolute Gasteiger partial charge is 0.480 e. The number of halogens is 21. The number of carboxylic acid groups (broad SMARTS) is 1. The number of carboxylic acids is 1. The van der Waals surface area contributed by atoms with E-state index in [4.69, 9.17) is 5.11 Å². The molecule has 0 rings (SSSR count). The zero-order valence-corrected chi connectivity index (χ0v) is 22.5. The van der Waals surface area contributed by atoms with Crippen LogP contribution >= 0.6 is 0 Å². The van der Waals surface area contributed by atoms with Gasteiger partial charge in [-0.1, -0.05) is 0 Å². The van der Waals surface area contributed by atoms with E-state index in [-0.39, 0.29) is 13.0 Å². The van der Waals surface area contributed by atoms with Crippen LogP contribution in [0, 0.1) is 0 Å². The molecule has 0 aromatic carbocycles. The highest BCUT2D eigenvalue weighted by Crippen LogP contribution is 2.66. The average Bonchev–Trinajstić information content (AvgIpc) is 2.83. The van der Waals surface area contributed by atoms with Crippen LogP contribution in [0.4, 0.5) is 92.2 Å². The summed E-state index contributed by atoms with van der Waals surface area (Å²) in [5.74, 6) is -82.3. The normalized spacial score (nSPS) is 15.9. The third-order valence-corrected chi connectivity index (χ3v) is 7.09. The zero-order valence-electron chi connectivity index (χ0n) is 21.7. The zero-order chi connectivity index (χ0) is 37.6. The van der Waals surface area contributed by atoms with Gasteiger partial charge in [-0.15, -0.1) is 0 Å². The number of likely N-dealkylation sites (N-methyl/N-ethyl adjacent to an activating group) is 1. The number of hydrogen-bond acceptors (Lipinski definition) is 4. The topological polar surface area (TPSA) is 86.7 Å². The summed E-state index contributed by atoms with van der Waals surface area (Å²) in [7, 11) is -4.18. The molecule has 2 N–H and O–H groups in total. The van der Waals surface area contributed by atoms with Crippen molar-refractivity contribution < 1.29 is 111 Å². The lowest BCUT2D eigenvalue weighted by atomic mass is 9.86. The minimum absolute atomic E-state index is 0.262. The first-order valence-electron chi connectivity index (χ1n) is 11.1. The lowest BCUT2D eigenvalue weighted by Gasteiger charge is -2.44. The van der Waals surface area contributed by atoms with Gasteiger partial charge in [0.1, 0.15) is 0 Å². The molecule has 0 saturated heterocycles. The fourth-order valence-electron chi connectivity index (χ4n) is 2.97. The predicted octanol–water partition coefficient (Wildman–Crippen LogP) is 5.98. The van der Waals surface area contributed by atoms with Crippen molar-refractivity contribution >= 4 is 16.0 Å². The van der Waals surface area contributed by atoms with Gasteiger partial charge >= 0.3 is 65.4 Å². The van der Waals surface area contributed by atoms with Gasteiger partial charge in [-0.05, 0) is 20.0 Å². The molecule has 0 fully saturated rings. The van der Waals surface area contributed by atoms with E-state index in [0.717, 1.165) is 11.9 Å². The quantitative estimate of drug-likeness (QED) is 0.133. The summed E-state index contributed by atoms with van der Waals surface area (Å²) >= 11 is 0. The lowest BCUT2D eigenvalue weighted by molar-refractivity contribution is -0.474. The Morgan fingerprint density at radius 3 is 1.26 bits per heavy atom. The number of nitrogens with zero attached hydrogens (tertiary/aromatic N) is 1. The average molecular weight is 756 g/mol. The number of hydrogen-bond donors (Lipinski definition) is 2. The number of nitrogens with one attached hydrogen (secondary N) is 1. The van der Waals surface area contributed by atoms with Crippen LogP contribution in [-0.2, 0) is 14.8 Å². The maximum absolute atomic E-state index is 13.9. The Morgan fingerprint density at radius 1 is 0.609 bits per heavy atom. The van der Waals surface area contributed by atoms with Crippen molar-refractivity contribution in [1.82, 2.24) is 9.62 Å². The highest BCUT2D eigenvalue weighted by molar-refractivity contribution is 7.89. The molecular weight excluding hydrogens is 739 g/mol. The second-order valence-corrected chi connectivity index (χ2v) is 11.2. The second-order valence-electron chi connectivity index (χ2n) is 9.25. The highest BCUT2D eigenvalue weighted by atomic mass is 32.2. The van der Waals surface area contributed by atoms with Crippen LogP contribution in [0.25, 0.3) is 0 Å². The van der Waals surface area contributed by atoms with E-state index in [0.29, 0.717) is 0 Å². The van der Waals surface area contributed by atoms with Crippen LogP contribution in [0.5, 0.6) is 0 Å². The highest BCUT2D eigenvalue weighted by Gasteiger charge is 2.97. The maximum Gasteiger partial charge on any atom is 0.460 e. The Morgan fingerprint density at radius 2 is 0.935 bits per heavy atom. The molecule has 0 bridgehead atoms. The van der Waals surface area contributed by atoms with Crippen LogP contribution in [0.3, 0.4) is 0 Å². The molecule has 0 heterocycles. The van der Waals surface area contributed by atoms with E-state index in [2.05, 4.69) is 0 Å². The Kier molecular flexibility index (Phi) is 12.1. The van der Waals surface area contributed by atoms with Crippen LogP contribution in [0.1, 0.15) is 12.8 Å². The van der Waals surface area contributed by atoms with Crippen LogP contribution in [0.2, 0.25) is 0 Å². The SMILES string of the molecule is CN(CCCNS(=O)(=O)CCC(F)(F)C(F)(F)C(F)(F)C(F)(F)C(F)(F)C(F)(F)C(F)(F)C(F)(F)C(F)(F)C(F)(F)F)CC(=O)O. The number of sulfonamides is 1. The molecule has 0 unspecified atom stereocenters. The first-order valence-corrected chi connectivity index (χ1v) is 12.8. The smallest absolute Gasteiger partial charge is 0.460 e. The van der Waals surface area contributed by atoms with E-state index in [1.807, 2.05) is 0 Å². The van der Waals surface area contributed by atoms with Crippen molar-refractivity contribution in [2.75, 3.05) is 32.4 Å². The summed E-state index contributed by atoms with van der Waals surface area (Å²) in [5.41, 5.74) is 0. The fraction of sp³-hybridized carbons (Fsp3) is 0.944. The molecule has 46 heavy (non-hydrogen) atoms. The standard InChI is InChI=1S/C18H17F21N2O4S/c1-41(7-8(42)43)5-2-4-40-46(44,45)6-3-9(19,20)10(21,22)11(23,24)12(25,26)13(27,28)14(29,30)15(31,32)16(33,34)17(35,36)18(37,38)39/h40H,2-7H2,1H3,(H,42,43). The van der Waals surface area contributed by atoms with Crippen LogP contribution in [0.15, 0.2) is 0 Å². The molecule has 0 aromatic heterocycles. The number of carbonyl (C=O) groups is 1. The maximum atomic E-state index is 13.9. The van der Waals surface area contributed by atoms with E-state index >= 15 is 0 Å². The van der Waals surface area contributed by atoms with Crippen molar-refractivity contribution in [3.8, 4) is 0 Å². The monoisotopic (exact) mass is 756 g/mol. The summed E-state index contributed by atoms with van der Waals surface area (Å²) in [6.07, 6.45) is -11.7. The van der Waals surface area contributed by atoms with Crippen molar-refractivity contribution in [3.05, 3.63) is 0 Å². The Balaban J connectivity index is 6.37. The molecule has 0 aliphatic heterocycles. The summed E-state index contributed by atoms with van der Waals surface area (Å²) in [5, 5.41) is 8.50. The lowest BCUT2D eigenvalue weighted by Crippen LogP contribution is -2.76. The molecule has 0 amide bonds. The number of aliphatic carboxylic acids is 1. The summed E-state index contributed by atoms with van der Waals surface area (Å²) < 4.78 is 306. The number of alkyl halides is 21. The Labute approximate surface area is 241 Å². The molecule has 0 saturated carbocycles. The van der Waals surface area contributed by atoms with Gasteiger partial charge in [0.25, 0.3) is 0 Å². The van der Waals surface area contributed by atoms with Crippen molar-refractivity contribution in [2.45, 2.75) is 72.3 Å². The summed E-state index contributed by atoms with van der Waals surface area (Å²) in [6, 6.07) is 0. The molecule has 0 aliphatic carbocycles. The summed E-state index contributed by atoms with van der Waals surface area (Å²) in [6.45, 7) is -1.73. The molecule has 0 radical (unpaired) electrons. The van der Waals surface area contributed by atoms with Gasteiger partial charge in [0.2, 0.25) is 10.0 Å². The predicted molar refractivity (Wildman–Crippen MR) is 107 cm³/mol. The third kappa shape index (κ3) is 7.30. The van der Waals surface area contributed by atoms with Gasteiger partial charge in [0.05, 0.1) is 12.3 Å². The molecule has 0 aliphatic rings. The Bertz CT molecular complexity index is 1190. The van der Waals surface area contributed by atoms with Gasteiger partial charge < -0.3 is 5.11 Å². The van der Waals surface area contributed by atoms with E-state index < -0.39 is 101 Å². The molecule has 0 aromatic rings. The van der Waals surface area contributed by atoms with Crippen LogP contribution < -0.4 is 4.72 Å². The number of rotatable bonds is 18. The van der Waals surface area contributed by atoms with Gasteiger partial charge in [-0.3, -0.25) is 9.69 Å². The van der Waals surface area contributed by atoms with Gasteiger partial charge in [-0.2, -0.15) is 92.2 Å². The molecule has 6 nitrogen and oxygen atoms in total. The molecule has 0 atom stereocenters. The minimum atomic E-state index is -9.29. The molecule has 276 valence electrons. The van der Waals surface area contributed by atoms with E-state index in [1.165, 1.54) is 4.72 Å². The van der Waals surface area contributed by atoms with Crippen LogP contribution in [-0.4, -0.2) is 116 Å². The fourth-order valence-corrected chi connectivity index (χ4v) is 4.09. The van der Waals surface area contributed by atoms with Gasteiger partial charge in [0.15, 0.2) is 0 Å². The van der Waals surface area contributed by atoms with E-state index in [9.17, 15) is 105 Å².